The average molecular weight is 272 g/mol. The first-order valence-corrected chi connectivity index (χ1v) is 7.47. The second-order valence-electron chi connectivity index (χ2n) is 4.85. The fraction of sp³-hybridized carbons (Fsp3) is 0.333. The summed E-state index contributed by atoms with van der Waals surface area (Å²) in [4.78, 5) is 17.2. The van der Waals surface area contributed by atoms with Gasteiger partial charge in [0.1, 0.15) is 0 Å². The Morgan fingerprint density at radius 1 is 1.21 bits per heavy atom. The second kappa shape index (κ2) is 5.61. The SMILES string of the molecule is O=C1NC(=NC2CCCC2)S/C1=C/c1ccccc1. The van der Waals surface area contributed by atoms with E-state index in [4.69, 9.17) is 0 Å². The Kier molecular flexibility index (Phi) is 3.69. The maximum absolute atomic E-state index is 11.9. The number of hydrogen-bond acceptors (Lipinski definition) is 3. The molecule has 4 heteroatoms. The Balaban J connectivity index is 1.75. The molecule has 1 amide bonds. The van der Waals surface area contributed by atoms with Crippen molar-refractivity contribution in [1.29, 1.82) is 0 Å². The number of benzene rings is 1. The van der Waals surface area contributed by atoms with Gasteiger partial charge in [-0.25, -0.2) is 0 Å². The molecular weight excluding hydrogens is 256 g/mol. The second-order valence-corrected chi connectivity index (χ2v) is 5.88. The summed E-state index contributed by atoms with van der Waals surface area (Å²) in [7, 11) is 0. The van der Waals surface area contributed by atoms with Gasteiger partial charge in [-0.15, -0.1) is 0 Å². The zero-order valence-electron chi connectivity index (χ0n) is 10.6. The van der Waals surface area contributed by atoms with E-state index in [0.29, 0.717) is 6.04 Å². The molecule has 0 aromatic heterocycles. The first kappa shape index (κ1) is 12.5. The third-order valence-corrected chi connectivity index (χ3v) is 4.30. The molecule has 0 spiro atoms. The summed E-state index contributed by atoms with van der Waals surface area (Å²) in [5.41, 5.74) is 1.04. The minimum absolute atomic E-state index is 0.0365. The van der Waals surface area contributed by atoms with Crippen molar-refractivity contribution in [2.24, 2.45) is 4.99 Å². The number of amidine groups is 1. The van der Waals surface area contributed by atoms with E-state index < -0.39 is 0 Å². The number of thioether (sulfide) groups is 1. The van der Waals surface area contributed by atoms with Gasteiger partial charge >= 0.3 is 0 Å². The van der Waals surface area contributed by atoms with E-state index in [1.54, 1.807) is 0 Å². The highest BCUT2D eigenvalue weighted by Crippen LogP contribution is 2.28. The lowest BCUT2D eigenvalue weighted by Crippen LogP contribution is -2.21. The van der Waals surface area contributed by atoms with E-state index in [2.05, 4.69) is 10.3 Å². The molecule has 1 aliphatic heterocycles. The van der Waals surface area contributed by atoms with Crippen LogP contribution in [-0.2, 0) is 4.79 Å². The molecule has 1 saturated carbocycles. The molecule has 2 fully saturated rings. The Morgan fingerprint density at radius 2 is 1.95 bits per heavy atom. The predicted molar refractivity (Wildman–Crippen MR) is 79.8 cm³/mol. The van der Waals surface area contributed by atoms with Crippen molar-refractivity contribution < 1.29 is 4.79 Å². The number of nitrogens with one attached hydrogen (secondary N) is 1. The predicted octanol–water partition coefficient (Wildman–Crippen LogP) is 3.19. The van der Waals surface area contributed by atoms with E-state index in [0.717, 1.165) is 28.5 Å². The van der Waals surface area contributed by atoms with Crippen LogP contribution in [0.2, 0.25) is 0 Å². The van der Waals surface area contributed by atoms with Gasteiger partial charge in [0.2, 0.25) is 0 Å². The van der Waals surface area contributed by atoms with Gasteiger partial charge in [-0.1, -0.05) is 43.2 Å². The topological polar surface area (TPSA) is 41.5 Å². The summed E-state index contributed by atoms with van der Waals surface area (Å²) in [5.74, 6) is -0.0365. The van der Waals surface area contributed by atoms with Crippen molar-refractivity contribution >= 4 is 28.9 Å². The van der Waals surface area contributed by atoms with Gasteiger partial charge in [0.15, 0.2) is 5.17 Å². The number of carbonyl (C=O) groups excluding carboxylic acids is 1. The molecule has 1 aromatic rings. The van der Waals surface area contributed by atoms with Crippen molar-refractivity contribution in [3.8, 4) is 0 Å². The van der Waals surface area contributed by atoms with Crippen LogP contribution in [0.1, 0.15) is 31.2 Å². The summed E-state index contributed by atoms with van der Waals surface area (Å²) < 4.78 is 0. The highest BCUT2D eigenvalue weighted by molar-refractivity contribution is 8.18. The Morgan fingerprint density at radius 3 is 2.68 bits per heavy atom. The van der Waals surface area contributed by atoms with Gasteiger partial charge in [-0.3, -0.25) is 9.79 Å². The quantitative estimate of drug-likeness (QED) is 0.840. The fourth-order valence-electron chi connectivity index (χ4n) is 2.39. The van der Waals surface area contributed by atoms with Crippen LogP contribution in [-0.4, -0.2) is 17.1 Å². The zero-order chi connectivity index (χ0) is 13.1. The van der Waals surface area contributed by atoms with Crippen LogP contribution in [0.15, 0.2) is 40.2 Å². The van der Waals surface area contributed by atoms with Crippen LogP contribution in [0.4, 0.5) is 0 Å². The standard InChI is InChI=1S/C15H16N2OS/c18-14-13(10-11-6-2-1-3-7-11)19-15(17-14)16-12-8-4-5-9-12/h1-3,6-7,10,12H,4-5,8-9H2,(H,16,17,18)/b13-10+. The van der Waals surface area contributed by atoms with Crippen molar-refractivity contribution in [1.82, 2.24) is 5.32 Å². The normalized spacial score (nSPS) is 24.3. The van der Waals surface area contributed by atoms with Crippen molar-refractivity contribution in [3.05, 3.63) is 40.8 Å². The van der Waals surface area contributed by atoms with Crippen molar-refractivity contribution in [3.63, 3.8) is 0 Å². The highest BCUT2D eigenvalue weighted by Gasteiger charge is 2.25. The third kappa shape index (κ3) is 3.07. The Labute approximate surface area is 117 Å². The van der Waals surface area contributed by atoms with Gasteiger partial charge in [0, 0.05) is 0 Å². The lowest BCUT2D eigenvalue weighted by molar-refractivity contribution is -0.115. The van der Waals surface area contributed by atoms with Gasteiger partial charge < -0.3 is 5.32 Å². The van der Waals surface area contributed by atoms with E-state index in [-0.39, 0.29) is 5.91 Å². The minimum Gasteiger partial charge on any atom is -0.301 e. The van der Waals surface area contributed by atoms with Crippen LogP contribution in [0, 0.1) is 0 Å². The van der Waals surface area contributed by atoms with Crippen LogP contribution in [0.3, 0.4) is 0 Å². The molecule has 0 unspecified atom stereocenters. The minimum atomic E-state index is -0.0365. The maximum atomic E-state index is 11.9. The highest BCUT2D eigenvalue weighted by atomic mass is 32.2. The van der Waals surface area contributed by atoms with Crippen molar-refractivity contribution in [2.45, 2.75) is 31.7 Å². The molecule has 3 nitrogen and oxygen atoms in total. The zero-order valence-corrected chi connectivity index (χ0v) is 11.5. The largest absolute Gasteiger partial charge is 0.301 e. The van der Waals surface area contributed by atoms with Gasteiger partial charge in [-0.2, -0.15) is 0 Å². The smallest absolute Gasteiger partial charge is 0.264 e. The molecule has 0 bridgehead atoms. The average Bonchev–Trinajstić information content (AvgIpc) is 3.02. The summed E-state index contributed by atoms with van der Waals surface area (Å²) in [6.45, 7) is 0. The van der Waals surface area contributed by atoms with Gasteiger partial charge in [0.05, 0.1) is 10.9 Å². The molecule has 19 heavy (non-hydrogen) atoms. The monoisotopic (exact) mass is 272 g/mol. The maximum Gasteiger partial charge on any atom is 0.264 e. The molecule has 1 N–H and O–H groups in total. The molecular formula is C15H16N2OS. The van der Waals surface area contributed by atoms with Crippen LogP contribution in [0.5, 0.6) is 0 Å². The Bertz CT molecular complexity index is 530. The lowest BCUT2D eigenvalue weighted by atomic mass is 10.2. The molecule has 0 radical (unpaired) electrons. The fourth-order valence-corrected chi connectivity index (χ4v) is 3.28. The van der Waals surface area contributed by atoms with E-state index in [9.17, 15) is 4.79 Å². The molecule has 0 atom stereocenters. The molecule has 98 valence electrons. The van der Waals surface area contributed by atoms with Crippen molar-refractivity contribution in [2.75, 3.05) is 0 Å². The van der Waals surface area contributed by atoms with Gasteiger partial charge in [-0.05, 0) is 36.2 Å². The van der Waals surface area contributed by atoms with Crippen LogP contribution in [0.25, 0.3) is 6.08 Å². The van der Waals surface area contributed by atoms with E-state index in [1.165, 1.54) is 24.6 Å². The molecule has 1 aromatic carbocycles. The van der Waals surface area contributed by atoms with E-state index in [1.807, 2.05) is 36.4 Å². The summed E-state index contributed by atoms with van der Waals surface area (Å²) >= 11 is 1.45. The Hall–Kier alpha value is -1.55. The lowest BCUT2D eigenvalue weighted by Gasteiger charge is -2.02. The first-order valence-electron chi connectivity index (χ1n) is 6.65. The summed E-state index contributed by atoms with van der Waals surface area (Å²) in [6.07, 6.45) is 6.73. The molecule has 1 aliphatic carbocycles. The number of amides is 1. The molecule has 2 aliphatic rings. The molecule has 1 heterocycles. The number of carbonyl (C=O) groups is 1. The third-order valence-electron chi connectivity index (χ3n) is 3.37. The van der Waals surface area contributed by atoms with E-state index >= 15 is 0 Å². The molecule has 1 saturated heterocycles. The number of hydrogen-bond donors (Lipinski definition) is 1. The number of aliphatic imine (C=N–C) groups is 1. The van der Waals surface area contributed by atoms with Crippen LogP contribution >= 0.6 is 11.8 Å². The van der Waals surface area contributed by atoms with Crippen LogP contribution < -0.4 is 5.32 Å². The number of rotatable bonds is 2. The first-order chi connectivity index (χ1) is 9.31. The number of nitrogens with zero attached hydrogens (tertiary/aromatic N) is 1. The summed E-state index contributed by atoms with van der Waals surface area (Å²) in [5, 5.41) is 3.62. The molecule has 3 rings (SSSR count). The van der Waals surface area contributed by atoms with Gasteiger partial charge in [0.25, 0.3) is 5.91 Å². The summed E-state index contributed by atoms with van der Waals surface area (Å²) in [6, 6.07) is 10.3.